The molecular formula is C21H25N5O5. The summed E-state index contributed by atoms with van der Waals surface area (Å²) in [4.78, 5) is 23.1. The number of esters is 1. The second-order valence-electron chi connectivity index (χ2n) is 7.14. The van der Waals surface area contributed by atoms with Gasteiger partial charge in [0.1, 0.15) is 0 Å². The summed E-state index contributed by atoms with van der Waals surface area (Å²) in [6.07, 6.45) is 4.92. The van der Waals surface area contributed by atoms with Crippen LogP contribution < -0.4 is 5.43 Å². The Kier molecular flexibility index (Phi) is 6.31. The van der Waals surface area contributed by atoms with Crippen LogP contribution in [0.15, 0.2) is 27.7 Å². The summed E-state index contributed by atoms with van der Waals surface area (Å²) in [7, 11) is 0. The van der Waals surface area contributed by atoms with Crippen LogP contribution >= 0.6 is 0 Å². The molecule has 2 aliphatic rings. The van der Waals surface area contributed by atoms with E-state index in [2.05, 4.69) is 20.3 Å². The van der Waals surface area contributed by atoms with Gasteiger partial charge < -0.3 is 19.4 Å². The van der Waals surface area contributed by atoms with Crippen molar-refractivity contribution in [2.24, 2.45) is 4.99 Å². The van der Waals surface area contributed by atoms with Crippen molar-refractivity contribution in [3.8, 4) is 5.75 Å². The molecule has 0 saturated carbocycles. The number of carbonyl (C=O) groups is 1. The number of aromatic hydroxyl groups is 1. The van der Waals surface area contributed by atoms with Gasteiger partial charge >= 0.3 is 5.97 Å². The van der Waals surface area contributed by atoms with E-state index in [9.17, 15) is 9.90 Å². The highest BCUT2D eigenvalue weighted by molar-refractivity contribution is 6.21. The molecule has 0 unspecified atom stereocenters. The number of nitrogens with one attached hydrogen (secondary N) is 1. The molecule has 164 valence electrons. The minimum absolute atomic E-state index is 0.0483. The summed E-state index contributed by atoms with van der Waals surface area (Å²) in [5.41, 5.74) is 4.58. The number of aromatic nitrogens is 1. The second-order valence-corrected chi connectivity index (χ2v) is 7.14. The maximum absolute atomic E-state index is 12.5. The van der Waals surface area contributed by atoms with E-state index in [1.807, 2.05) is 11.1 Å². The molecule has 0 radical (unpaired) electrons. The molecule has 4 rings (SSSR count). The van der Waals surface area contributed by atoms with Gasteiger partial charge in [-0.3, -0.25) is 10.3 Å². The summed E-state index contributed by atoms with van der Waals surface area (Å²) in [6, 6.07) is 3.68. The molecule has 0 spiro atoms. The van der Waals surface area contributed by atoms with Crippen LogP contribution in [0.3, 0.4) is 0 Å². The maximum atomic E-state index is 12.5. The summed E-state index contributed by atoms with van der Waals surface area (Å²) in [5, 5.41) is 21.8. The van der Waals surface area contributed by atoms with Crippen LogP contribution in [0, 0.1) is 0 Å². The van der Waals surface area contributed by atoms with E-state index in [4.69, 9.17) is 14.3 Å². The smallest absolute Gasteiger partial charge is 0.347 e. The Morgan fingerprint density at radius 1 is 1.35 bits per heavy atom. The molecule has 2 aromatic rings. The van der Waals surface area contributed by atoms with Gasteiger partial charge in [0.2, 0.25) is 5.88 Å². The first kappa shape index (κ1) is 21.0. The lowest BCUT2D eigenvalue weighted by Gasteiger charge is -2.34. The predicted molar refractivity (Wildman–Crippen MR) is 115 cm³/mol. The molecule has 2 aliphatic heterocycles. The summed E-state index contributed by atoms with van der Waals surface area (Å²) in [6.45, 7) is 5.44. The fraction of sp³-hybridized carbons (Fsp3) is 0.381. The molecule has 0 atom stereocenters. The molecule has 3 N–H and O–H groups in total. The van der Waals surface area contributed by atoms with E-state index >= 15 is 0 Å². The zero-order valence-corrected chi connectivity index (χ0v) is 17.2. The molecular weight excluding hydrogens is 402 g/mol. The van der Waals surface area contributed by atoms with Gasteiger partial charge in [0.25, 0.3) is 0 Å². The van der Waals surface area contributed by atoms with Crippen molar-refractivity contribution in [1.82, 2.24) is 14.9 Å². The standard InChI is InChI=1S/C21H25N5O5/c1-2-30-21(29)17-18(28)16(12-14-13-23-19-15(14)4-3-5-22-19)31-20(17)24-26-8-6-25(7-9-26)10-11-27/h3-5,12-13,24,27-28H,2,6-11H2,1H3. The first-order valence-corrected chi connectivity index (χ1v) is 10.2. The van der Waals surface area contributed by atoms with Crippen LogP contribution in [0.1, 0.15) is 28.6 Å². The zero-order chi connectivity index (χ0) is 21.8. The van der Waals surface area contributed by atoms with E-state index in [1.54, 1.807) is 31.5 Å². The molecule has 0 amide bonds. The Morgan fingerprint density at radius 2 is 2.16 bits per heavy atom. The normalized spacial score (nSPS) is 17.8. The number of aliphatic imine (C=N–C) groups is 1. The number of furan rings is 1. The minimum Gasteiger partial charge on any atom is -0.504 e. The van der Waals surface area contributed by atoms with Crippen molar-refractivity contribution in [3.05, 3.63) is 35.2 Å². The van der Waals surface area contributed by atoms with Gasteiger partial charge in [-0.15, -0.1) is 0 Å². The van der Waals surface area contributed by atoms with Gasteiger partial charge in [0, 0.05) is 56.3 Å². The van der Waals surface area contributed by atoms with Gasteiger partial charge in [-0.05, 0) is 25.1 Å². The molecule has 2 aromatic heterocycles. The average molecular weight is 427 g/mol. The number of aliphatic hydroxyl groups is 1. The van der Waals surface area contributed by atoms with E-state index in [-0.39, 0.29) is 36.2 Å². The molecule has 10 nitrogen and oxygen atoms in total. The summed E-state index contributed by atoms with van der Waals surface area (Å²) >= 11 is 0. The zero-order valence-electron chi connectivity index (χ0n) is 17.2. The third kappa shape index (κ3) is 4.46. The van der Waals surface area contributed by atoms with E-state index in [0.29, 0.717) is 31.0 Å². The number of anilines is 1. The largest absolute Gasteiger partial charge is 0.504 e. The first-order chi connectivity index (χ1) is 15.1. The van der Waals surface area contributed by atoms with Crippen molar-refractivity contribution in [3.63, 3.8) is 0 Å². The number of hydrazine groups is 1. The quantitative estimate of drug-likeness (QED) is 0.567. The van der Waals surface area contributed by atoms with Crippen molar-refractivity contribution < 1.29 is 24.2 Å². The molecule has 0 aliphatic carbocycles. The molecule has 0 bridgehead atoms. The fourth-order valence-electron chi connectivity index (χ4n) is 3.56. The van der Waals surface area contributed by atoms with Gasteiger partial charge in [-0.2, -0.15) is 0 Å². The lowest BCUT2D eigenvalue weighted by Crippen LogP contribution is -2.49. The summed E-state index contributed by atoms with van der Waals surface area (Å²) < 4.78 is 11.0. The lowest BCUT2D eigenvalue weighted by molar-refractivity contribution is 0.0523. The minimum atomic E-state index is -0.669. The third-order valence-corrected chi connectivity index (χ3v) is 5.15. The van der Waals surface area contributed by atoms with Crippen molar-refractivity contribution in [2.45, 2.75) is 6.92 Å². The number of nitrogens with zero attached hydrogens (tertiary/aromatic N) is 4. The van der Waals surface area contributed by atoms with E-state index in [1.165, 1.54) is 0 Å². The molecule has 0 aromatic carbocycles. The number of fused-ring (bicyclic) bond motifs is 1. The highest BCUT2D eigenvalue weighted by Crippen LogP contribution is 2.38. The topological polar surface area (TPSA) is 124 Å². The number of carbonyl (C=O) groups excluding carboxylic acids is 1. The maximum Gasteiger partial charge on any atom is 0.347 e. The van der Waals surface area contributed by atoms with Crippen LogP contribution in [0.25, 0.3) is 11.6 Å². The van der Waals surface area contributed by atoms with Crippen LogP contribution in [0.4, 0.5) is 11.7 Å². The Hall–Kier alpha value is -3.21. The molecule has 10 heteroatoms. The number of piperazine rings is 1. The lowest BCUT2D eigenvalue weighted by atomic mass is 10.1. The van der Waals surface area contributed by atoms with Crippen LogP contribution in [0.2, 0.25) is 0 Å². The van der Waals surface area contributed by atoms with Gasteiger partial charge in [0.05, 0.1) is 13.2 Å². The molecule has 31 heavy (non-hydrogen) atoms. The van der Waals surface area contributed by atoms with Crippen molar-refractivity contribution >= 4 is 35.5 Å². The highest BCUT2D eigenvalue weighted by atomic mass is 16.5. The van der Waals surface area contributed by atoms with Gasteiger partial charge in [-0.25, -0.2) is 19.8 Å². The number of pyridine rings is 1. The number of ether oxygens (including phenoxy) is 1. The fourth-order valence-corrected chi connectivity index (χ4v) is 3.56. The Bertz CT molecular complexity index is 1010. The number of β-amino-alcohol motifs (C(OH)–C–C–N with tert-alkyl or cyclic N) is 1. The van der Waals surface area contributed by atoms with Gasteiger partial charge in [-0.1, -0.05) is 0 Å². The monoisotopic (exact) mass is 427 g/mol. The third-order valence-electron chi connectivity index (χ3n) is 5.15. The van der Waals surface area contributed by atoms with E-state index < -0.39 is 5.97 Å². The van der Waals surface area contributed by atoms with Crippen LogP contribution in [0.5, 0.6) is 5.75 Å². The second kappa shape index (κ2) is 9.29. The molecule has 1 saturated heterocycles. The number of hydrogen-bond donors (Lipinski definition) is 3. The van der Waals surface area contributed by atoms with Crippen LogP contribution in [-0.2, 0) is 4.74 Å². The summed E-state index contributed by atoms with van der Waals surface area (Å²) in [5.74, 6) is -0.123. The Morgan fingerprint density at radius 3 is 2.90 bits per heavy atom. The first-order valence-electron chi connectivity index (χ1n) is 10.2. The molecule has 4 heterocycles. The van der Waals surface area contributed by atoms with Crippen LogP contribution in [-0.4, -0.2) is 83.2 Å². The van der Waals surface area contributed by atoms with Crippen molar-refractivity contribution in [2.75, 3.05) is 51.4 Å². The SMILES string of the molecule is CCOC(=O)c1c(NN2CCN(CCO)CC2)oc(C=C2C=Nc3ncccc32)c1O. The number of rotatable bonds is 7. The highest BCUT2D eigenvalue weighted by Gasteiger charge is 2.29. The number of hydrogen-bond acceptors (Lipinski definition) is 10. The Balaban J connectivity index is 1.61. The molecule has 1 fully saturated rings. The average Bonchev–Trinajstić information content (AvgIpc) is 3.31. The Labute approximate surface area is 179 Å². The number of allylic oxidation sites excluding steroid dienone is 1. The van der Waals surface area contributed by atoms with Crippen molar-refractivity contribution in [1.29, 1.82) is 0 Å². The predicted octanol–water partition coefficient (Wildman–Crippen LogP) is 1.75. The van der Waals surface area contributed by atoms with E-state index in [0.717, 1.165) is 18.7 Å². The van der Waals surface area contributed by atoms with Gasteiger partial charge in [0.15, 0.2) is 22.9 Å². The number of aliphatic hydroxyl groups excluding tert-OH is 1.